The van der Waals surface area contributed by atoms with E-state index in [-0.39, 0.29) is 22.8 Å². The summed E-state index contributed by atoms with van der Waals surface area (Å²) >= 11 is 1.27. The van der Waals surface area contributed by atoms with E-state index < -0.39 is 0 Å². The smallest absolute Gasteiger partial charge is 0.237 e. The van der Waals surface area contributed by atoms with Crippen molar-refractivity contribution in [2.24, 2.45) is 0 Å². The number of nitrogens with one attached hydrogen (secondary N) is 2. The quantitative estimate of drug-likeness (QED) is 0.741. The molecule has 1 unspecified atom stereocenters. The standard InChI is InChI=1S/C19H22N2O4S/c1-13(26-12-18(22)20-14-7-5-4-6-8-14)19(23)21-15-9-10-16(24-2)17(11-15)25-3/h4-11,13H,12H2,1-3H3,(H,20,22)(H,21,23). The molecule has 0 aliphatic rings. The second kappa shape index (κ2) is 9.72. The first-order chi connectivity index (χ1) is 12.5. The molecule has 6 nitrogen and oxygen atoms in total. The Morgan fingerprint density at radius 1 is 0.962 bits per heavy atom. The Hall–Kier alpha value is -2.67. The Morgan fingerprint density at radius 3 is 2.31 bits per heavy atom. The van der Waals surface area contributed by atoms with E-state index in [0.717, 1.165) is 5.69 Å². The van der Waals surface area contributed by atoms with Crippen LogP contribution < -0.4 is 20.1 Å². The van der Waals surface area contributed by atoms with E-state index in [4.69, 9.17) is 9.47 Å². The van der Waals surface area contributed by atoms with E-state index >= 15 is 0 Å². The van der Waals surface area contributed by atoms with Crippen molar-refractivity contribution < 1.29 is 19.1 Å². The van der Waals surface area contributed by atoms with Crippen molar-refractivity contribution in [2.45, 2.75) is 12.2 Å². The summed E-state index contributed by atoms with van der Waals surface area (Å²) in [6, 6.07) is 14.4. The number of carbonyl (C=O) groups excluding carboxylic acids is 2. The maximum Gasteiger partial charge on any atom is 0.237 e. The summed E-state index contributed by atoms with van der Waals surface area (Å²) in [6.07, 6.45) is 0. The van der Waals surface area contributed by atoms with Gasteiger partial charge in [-0.05, 0) is 31.2 Å². The summed E-state index contributed by atoms with van der Waals surface area (Å²) in [5, 5.41) is 5.22. The zero-order chi connectivity index (χ0) is 18.9. The van der Waals surface area contributed by atoms with Crippen LogP contribution in [0.1, 0.15) is 6.92 Å². The van der Waals surface area contributed by atoms with Crippen molar-refractivity contribution in [3.8, 4) is 11.5 Å². The molecule has 138 valence electrons. The molecule has 0 aliphatic carbocycles. The number of methoxy groups -OCH3 is 2. The van der Waals surface area contributed by atoms with Crippen LogP contribution in [-0.2, 0) is 9.59 Å². The molecule has 26 heavy (non-hydrogen) atoms. The summed E-state index contributed by atoms with van der Waals surface area (Å²) in [5.74, 6) is 0.982. The molecule has 1 atom stereocenters. The molecule has 0 saturated carbocycles. The van der Waals surface area contributed by atoms with Crippen LogP contribution in [0.2, 0.25) is 0 Å². The van der Waals surface area contributed by atoms with Crippen molar-refractivity contribution >= 4 is 35.0 Å². The van der Waals surface area contributed by atoms with E-state index in [1.165, 1.54) is 18.9 Å². The van der Waals surface area contributed by atoms with Gasteiger partial charge in [-0.3, -0.25) is 9.59 Å². The van der Waals surface area contributed by atoms with Gasteiger partial charge in [0.2, 0.25) is 11.8 Å². The van der Waals surface area contributed by atoms with Crippen LogP contribution in [0.5, 0.6) is 11.5 Å². The van der Waals surface area contributed by atoms with Crippen molar-refractivity contribution in [1.29, 1.82) is 0 Å². The highest BCUT2D eigenvalue weighted by molar-refractivity contribution is 8.01. The molecule has 0 spiro atoms. The molecule has 0 radical (unpaired) electrons. The Balaban J connectivity index is 1.84. The molecule has 2 aromatic carbocycles. The van der Waals surface area contributed by atoms with Gasteiger partial charge in [-0.25, -0.2) is 0 Å². The van der Waals surface area contributed by atoms with Crippen molar-refractivity contribution in [3.63, 3.8) is 0 Å². The van der Waals surface area contributed by atoms with Crippen LogP contribution in [0.25, 0.3) is 0 Å². The first-order valence-corrected chi connectivity index (χ1v) is 9.07. The van der Waals surface area contributed by atoms with Gasteiger partial charge in [0.05, 0.1) is 25.2 Å². The minimum atomic E-state index is -0.385. The fourth-order valence-corrected chi connectivity index (χ4v) is 2.84. The van der Waals surface area contributed by atoms with Crippen molar-refractivity contribution in [1.82, 2.24) is 0 Å². The zero-order valence-electron chi connectivity index (χ0n) is 14.9. The van der Waals surface area contributed by atoms with E-state index in [1.807, 2.05) is 30.3 Å². The molecule has 0 saturated heterocycles. The highest BCUT2D eigenvalue weighted by Gasteiger charge is 2.16. The fourth-order valence-electron chi connectivity index (χ4n) is 2.15. The molecule has 0 aromatic heterocycles. The Kier molecular flexibility index (Phi) is 7.35. The Labute approximate surface area is 157 Å². The van der Waals surface area contributed by atoms with Gasteiger partial charge in [0.1, 0.15) is 0 Å². The third kappa shape index (κ3) is 5.70. The lowest BCUT2D eigenvalue weighted by Crippen LogP contribution is -2.25. The maximum atomic E-state index is 12.3. The van der Waals surface area contributed by atoms with Gasteiger partial charge in [0.25, 0.3) is 0 Å². The van der Waals surface area contributed by atoms with Crippen LogP contribution in [0.15, 0.2) is 48.5 Å². The highest BCUT2D eigenvalue weighted by Crippen LogP contribution is 2.30. The molecule has 0 aliphatic heterocycles. The Bertz CT molecular complexity index is 752. The van der Waals surface area contributed by atoms with Gasteiger partial charge >= 0.3 is 0 Å². The lowest BCUT2D eigenvalue weighted by Gasteiger charge is -2.14. The molecule has 2 aromatic rings. The predicted octanol–water partition coefficient (Wildman–Crippen LogP) is 3.40. The third-order valence-electron chi connectivity index (χ3n) is 3.54. The summed E-state index contributed by atoms with van der Waals surface area (Å²) < 4.78 is 10.4. The van der Waals surface area contributed by atoms with Gasteiger partial charge in [0, 0.05) is 17.4 Å². The molecule has 2 N–H and O–H groups in total. The minimum absolute atomic E-state index is 0.146. The van der Waals surface area contributed by atoms with Gasteiger partial charge in [-0.1, -0.05) is 18.2 Å². The van der Waals surface area contributed by atoms with E-state index in [0.29, 0.717) is 17.2 Å². The normalized spacial score (nSPS) is 11.3. The van der Waals surface area contributed by atoms with Crippen molar-refractivity contribution in [3.05, 3.63) is 48.5 Å². The number of hydrogen-bond donors (Lipinski definition) is 2. The van der Waals surface area contributed by atoms with Crippen LogP contribution in [0.3, 0.4) is 0 Å². The summed E-state index contributed by atoms with van der Waals surface area (Å²) in [6.45, 7) is 1.76. The largest absolute Gasteiger partial charge is 0.493 e. The molecular weight excluding hydrogens is 352 g/mol. The number of rotatable bonds is 8. The van der Waals surface area contributed by atoms with Crippen LogP contribution in [0.4, 0.5) is 11.4 Å². The van der Waals surface area contributed by atoms with Crippen LogP contribution in [0, 0.1) is 0 Å². The van der Waals surface area contributed by atoms with Gasteiger partial charge in [-0.15, -0.1) is 11.8 Å². The van der Waals surface area contributed by atoms with Gasteiger partial charge in [-0.2, -0.15) is 0 Å². The van der Waals surface area contributed by atoms with E-state index in [1.54, 1.807) is 32.2 Å². The van der Waals surface area contributed by atoms with E-state index in [2.05, 4.69) is 10.6 Å². The molecule has 2 amide bonds. The second-order valence-electron chi connectivity index (χ2n) is 5.43. The predicted molar refractivity (Wildman–Crippen MR) is 105 cm³/mol. The van der Waals surface area contributed by atoms with Gasteiger partial charge < -0.3 is 20.1 Å². The lowest BCUT2D eigenvalue weighted by molar-refractivity contribution is -0.115. The monoisotopic (exact) mass is 374 g/mol. The molecule has 0 bridgehead atoms. The lowest BCUT2D eigenvalue weighted by atomic mass is 10.2. The van der Waals surface area contributed by atoms with Gasteiger partial charge in [0.15, 0.2) is 11.5 Å². The molecule has 7 heteroatoms. The van der Waals surface area contributed by atoms with Crippen LogP contribution >= 0.6 is 11.8 Å². The second-order valence-corrected chi connectivity index (χ2v) is 6.76. The third-order valence-corrected chi connectivity index (χ3v) is 4.69. The number of ether oxygens (including phenoxy) is 2. The molecule has 2 rings (SSSR count). The van der Waals surface area contributed by atoms with Crippen molar-refractivity contribution in [2.75, 3.05) is 30.6 Å². The summed E-state index contributed by atoms with van der Waals surface area (Å²) in [5.41, 5.74) is 1.34. The highest BCUT2D eigenvalue weighted by atomic mass is 32.2. The topological polar surface area (TPSA) is 76.7 Å². The number of hydrogen-bond acceptors (Lipinski definition) is 5. The Morgan fingerprint density at radius 2 is 1.65 bits per heavy atom. The molecular formula is C19H22N2O4S. The zero-order valence-corrected chi connectivity index (χ0v) is 15.8. The number of thioether (sulfide) groups is 1. The molecule has 0 fully saturated rings. The minimum Gasteiger partial charge on any atom is -0.493 e. The summed E-state index contributed by atoms with van der Waals surface area (Å²) in [4.78, 5) is 24.3. The van der Waals surface area contributed by atoms with E-state index in [9.17, 15) is 9.59 Å². The average Bonchev–Trinajstić information content (AvgIpc) is 2.66. The summed E-state index contributed by atoms with van der Waals surface area (Å²) in [7, 11) is 3.09. The number of carbonyl (C=O) groups is 2. The average molecular weight is 374 g/mol. The number of para-hydroxylation sites is 1. The number of anilines is 2. The fraction of sp³-hybridized carbons (Fsp3) is 0.263. The first-order valence-electron chi connectivity index (χ1n) is 8.03. The molecule has 0 heterocycles. The number of benzene rings is 2. The first kappa shape index (κ1) is 19.7. The van der Waals surface area contributed by atoms with Crippen LogP contribution in [-0.4, -0.2) is 37.0 Å². The SMILES string of the molecule is COc1ccc(NC(=O)C(C)SCC(=O)Nc2ccccc2)cc1OC. The maximum absolute atomic E-state index is 12.3. The number of amides is 2.